The van der Waals surface area contributed by atoms with Gasteiger partial charge in [0.25, 0.3) is 0 Å². The summed E-state index contributed by atoms with van der Waals surface area (Å²) in [4.78, 5) is 26.6. The molecule has 0 radical (unpaired) electrons. The fraction of sp³-hybridized carbons (Fsp3) is 0.500. The SMILES string of the molecule is CC(=O)NC[C@H]1CN(c2ccc(N3C[C@@H]4C(C(=N)OCc5nn[nH]n5)[C@@H]4C3)c(F)c2)C(=O)O1. The number of fused-ring (bicyclic) bond motifs is 1. The van der Waals surface area contributed by atoms with E-state index in [1.807, 2.05) is 4.90 Å². The normalized spacial score (nSPS) is 25.6. The van der Waals surface area contributed by atoms with Crippen LogP contribution in [0.3, 0.4) is 0 Å². The van der Waals surface area contributed by atoms with E-state index < -0.39 is 18.0 Å². The monoisotopic (exact) mass is 458 g/mol. The van der Waals surface area contributed by atoms with Crippen molar-refractivity contribution in [3.63, 3.8) is 0 Å². The molecule has 12 nitrogen and oxygen atoms in total. The van der Waals surface area contributed by atoms with Crippen LogP contribution in [0, 0.1) is 29.0 Å². The molecule has 1 aromatic heterocycles. The van der Waals surface area contributed by atoms with Gasteiger partial charge in [0.2, 0.25) is 11.7 Å². The quantitative estimate of drug-likeness (QED) is 0.405. The van der Waals surface area contributed by atoms with Crippen LogP contribution in [0.4, 0.5) is 20.6 Å². The minimum absolute atomic E-state index is 0.0235. The van der Waals surface area contributed by atoms with Crippen LogP contribution in [0.25, 0.3) is 0 Å². The van der Waals surface area contributed by atoms with Gasteiger partial charge in [0, 0.05) is 25.9 Å². The van der Waals surface area contributed by atoms with E-state index in [1.54, 1.807) is 12.1 Å². The molecule has 1 aromatic carbocycles. The third-order valence-corrected chi connectivity index (χ3v) is 6.28. The number of piperidine rings is 1. The van der Waals surface area contributed by atoms with Crippen molar-refractivity contribution in [3.05, 3.63) is 29.8 Å². The second kappa shape index (κ2) is 8.30. The Morgan fingerprint density at radius 3 is 2.82 bits per heavy atom. The predicted octanol–water partition coefficient (Wildman–Crippen LogP) is 0.676. The van der Waals surface area contributed by atoms with E-state index in [-0.39, 0.29) is 49.3 Å². The van der Waals surface area contributed by atoms with Crippen molar-refractivity contribution in [2.24, 2.45) is 17.8 Å². The van der Waals surface area contributed by atoms with E-state index >= 15 is 0 Å². The van der Waals surface area contributed by atoms with Crippen LogP contribution in [0.1, 0.15) is 12.7 Å². The van der Waals surface area contributed by atoms with Crippen LogP contribution in [-0.2, 0) is 20.9 Å². The highest BCUT2D eigenvalue weighted by atomic mass is 19.1. The van der Waals surface area contributed by atoms with Crippen LogP contribution >= 0.6 is 0 Å². The second-order valence-electron chi connectivity index (χ2n) is 8.43. The molecule has 2 amide bonds. The van der Waals surface area contributed by atoms with Gasteiger partial charge in [0.05, 0.1) is 24.5 Å². The van der Waals surface area contributed by atoms with Crippen molar-refractivity contribution in [1.82, 2.24) is 25.9 Å². The number of hydrogen-bond acceptors (Lipinski definition) is 9. The van der Waals surface area contributed by atoms with Crippen molar-refractivity contribution in [1.29, 1.82) is 5.41 Å². The highest BCUT2D eigenvalue weighted by Gasteiger charge is 2.59. The summed E-state index contributed by atoms with van der Waals surface area (Å²) in [6.45, 7) is 3.19. The van der Waals surface area contributed by atoms with Gasteiger partial charge in [-0.25, -0.2) is 9.18 Å². The molecule has 1 unspecified atom stereocenters. The molecule has 174 valence electrons. The number of ether oxygens (including phenoxy) is 2. The summed E-state index contributed by atoms with van der Waals surface area (Å²) in [5, 5.41) is 24.1. The molecule has 3 heterocycles. The molecule has 3 aliphatic rings. The Morgan fingerprint density at radius 2 is 2.15 bits per heavy atom. The third-order valence-electron chi connectivity index (χ3n) is 6.28. The minimum Gasteiger partial charge on any atom is -0.473 e. The van der Waals surface area contributed by atoms with E-state index in [0.29, 0.717) is 30.3 Å². The van der Waals surface area contributed by atoms with Crippen LogP contribution in [0.5, 0.6) is 0 Å². The molecule has 3 N–H and O–H groups in total. The van der Waals surface area contributed by atoms with E-state index in [1.165, 1.54) is 17.9 Å². The number of H-pyrrole nitrogens is 1. The summed E-state index contributed by atoms with van der Waals surface area (Å²) < 4.78 is 25.6. The lowest BCUT2D eigenvalue weighted by atomic mass is 10.2. The Balaban J connectivity index is 1.16. The van der Waals surface area contributed by atoms with E-state index in [9.17, 15) is 14.0 Å². The summed E-state index contributed by atoms with van der Waals surface area (Å²) in [5.74, 6) is 0.459. The van der Waals surface area contributed by atoms with E-state index in [0.717, 1.165) is 0 Å². The molecule has 0 bridgehead atoms. The zero-order valence-electron chi connectivity index (χ0n) is 17.8. The number of anilines is 2. The van der Waals surface area contributed by atoms with E-state index in [2.05, 4.69) is 25.9 Å². The van der Waals surface area contributed by atoms with Crippen molar-refractivity contribution in [3.8, 4) is 0 Å². The Bertz CT molecular complexity index is 1070. The van der Waals surface area contributed by atoms with Crippen LogP contribution in [0.15, 0.2) is 18.2 Å². The van der Waals surface area contributed by atoms with Crippen molar-refractivity contribution >= 4 is 29.3 Å². The molecule has 2 saturated heterocycles. The molecule has 5 rings (SSSR count). The first-order valence-electron chi connectivity index (χ1n) is 10.6. The number of nitrogens with one attached hydrogen (secondary N) is 3. The Hall–Kier alpha value is -3.77. The van der Waals surface area contributed by atoms with Gasteiger partial charge < -0.3 is 19.7 Å². The number of amides is 2. The van der Waals surface area contributed by atoms with Crippen LogP contribution in [-0.4, -0.2) is 70.8 Å². The third kappa shape index (κ3) is 4.17. The van der Waals surface area contributed by atoms with Crippen LogP contribution < -0.4 is 15.1 Å². The molecule has 2 aromatic rings. The molecule has 13 heteroatoms. The highest BCUT2D eigenvalue weighted by Crippen LogP contribution is 2.53. The molecule has 33 heavy (non-hydrogen) atoms. The largest absolute Gasteiger partial charge is 0.473 e. The van der Waals surface area contributed by atoms with Gasteiger partial charge >= 0.3 is 6.09 Å². The number of hydrogen-bond donors (Lipinski definition) is 3. The van der Waals surface area contributed by atoms with Gasteiger partial charge in [-0.05, 0) is 30.0 Å². The highest BCUT2D eigenvalue weighted by molar-refractivity contribution is 5.90. The van der Waals surface area contributed by atoms with Gasteiger partial charge in [-0.15, -0.1) is 10.2 Å². The maximum absolute atomic E-state index is 14.9. The number of rotatable bonds is 7. The van der Waals surface area contributed by atoms with Gasteiger partial charge in [0.15, 0.2) is 12.5 Å². The summed E-state index contributed by atoms with van der Waals surface area (Å²) in [7, 11) is 0. The maximum atomic E-state index is 14.9. The molecule has 0 spiro atoms. The minimum atomic E-state index is -0.568. The number of halogens is 1. The van der Waals surface area contributed by atoms with Gasteiger partial charge in [-0.1, -0.05) is 5.21 Å². The number of carbonyl (C=O) groups excluding carboxylic acids is 2. The first-order valence-corrected chi connectivity index (χ1v) is 10.6. The van der Waals surface area contributed by atoms with Crippen molar-refractivity contribution in [2.45, 2.75) is 19.6 Å². The fourth-order valence-corrected chi connectivity index (χ4v) is 4.61. The van der Waals surface area contributed by atoms with Crippen molar-refractivity contribution < 1.29 is 23.5 Å². The molecule has 1 saturated carbocycles. The first kappa shape index (κ1) is 21.1. The predicted molar refractivity (Wildman–Crippen MR) is 112 cm³/mol. The molecule has 3 fully saturated rings. The topological polar surface area (TPSA) is 149 Å². The number of aromatic amines is 1. The molecule has 1 aliphatic carbocycles. The summed E-state index contributed by atoms with van der Waals surface area (Å²) in [6, 6.07) is 4.68. The maximum Gasteiger partial charge on any atom is 0.414 e. The van der Waals surface area contributed by atoms with Crippen LogP contribution in [0.2, 0.25) is 0 Å². The Labute approximate surface area is 187 Å². The zero-order chi connectivity index (χ0) is 23.1. The zero-order valence-corrected chi connectivity index (χ0v) is 17.8. The average Bonchev–Trinajstić information content (AvgIpc) is 3.23. The van der Waals surface area contributed by atoms with Gasteiger partial charge in [0.1, 0.15) is 11.9 Å². The Kier molecular flexibility index (Phi) is 5.30. The Morgan fingerprint density at radius 1 is 1.36 bits per heavy atom. The smallest absolute Gasteiger partial charge is 0.414 e. The van der Waals surface area contributed by atoms with Gasteiger partial charge in [-0.2, -0.15) is 5.21 Å². The molecular weight excluding hydrogens is 435 g/mol. The van der Waals surface area contributed by atoms with Gasteiger partial charge in [-0.3, -0.25) is 15.1 Å². The molecule has 4 atom stereocenters. The lowest BCUT2D eigenvalue weighted by Gasteiger charge is -2.24. The first-order chi connectivity index (χ1) is 15.9. The number of aromatic nitrogens is 4. The number of tetrazole rings is 1. The summed E-state index contributed by atoms with van der Waals surface area (Å²) in [5.41, 5.74) is 0.872. The summed E-state index contributed by atoms with van der Waals surface area (Å²) in [6.07, 6.45) is -1.05. The van der Waals surface area contributed by atoms with E-state index in [4.69, 9.17) is 14.9 Å². The second-order valence-corrected chi connectivity index (χ2v) is 8.43. The number of nitrogens with zero attached hydrogens (tertiary/aromatic N) is 5. The fourth-order valence-electron chi connectivity index (χ4n) is 4.61. The number of carbonyl (C=O) groups is 2. The average molecular weight is 458 g/mol. The molecular formula is C20H23FN8O4. The number of benzene rings is 1. The standard InChI is InChI=1S/C20H23FN8O4/c1-10(30)23-5-12-6-29(20(31)33-12)11-2-3-16(15(21)4-11)28-7-13-14(8-28)18(13)19(22)32-9-17-24-26-27-25-17/h2-4,12-14,18,22H,5-9H2,1H3,(H,23,30)(H,24,25,26,27)/t12-,13-,14+,18?/m0/s1. The number of cyclic esters (lactones) is 1. The molecule has 2 aliphatic heterocycles. The lowest BCUT2D eigenvalue weighted by molar-refractivity contribution is -0.119. The summed E-state index contributed by atoms with van der Waals surface area (Å²) >= 11 is 0. The lowest BCUT2D eigenvalue weighted by Crippen LogP contribution is -2.33. The van der Waals surface area contributed by atoms with Crippen molar-refractivity contribution in [2.75, 3.05) is 36.0 Å².